The van der Waals surface area contributed by atoms with Gasteiger partial charge in [0.25, 0.3) is 0 Å². The molecule has 17 heavy (non-hydrogen) atoms. The maximum absolute atomic E-state index is 3.62. The molecule has 104 valence electrons. The van der Waals surface area contributed by atoms with Gasteiger partial charge in [0.2, 0.25) is 0 Å². The summed E-state index contributed by atoms with van der Waals surface area (Å²) in [5, 5.41) is 3.62. The van der Waals surface area contributed by atoms with E-state index in [0.717, 1.165) is 24.9 Å². The summed E-state index contributed by atoms with van der Waals surface area (Å²) in [6.45, 7) is 15.0. The Kier molecular flexibility index (Phi) is 9.85. The van der Waals surface area contributed by atoms with Crippen LogP contribution in [0.5, 0.6) is 0 Å². The van der Waals surface area contributed by atoms with Crippen molar-refractivity contribution < 1.29 is 0 Å². The van der Waals surface area contributed by atoms with Gasteiger partial charge in [0.1, 0.15) is 0 Å². The van der Waals surface area contributed by atoms with Crippen LogP contribution in [0.1, 0.15) is 53.9 Å². The summed E-state index contributed by atoms with van der Waals surface area (Å²) in [5.41, 5.74) is 0. The van der Waals surface area contributed by atoms with Crippen molar-refractivity contribution in [2.45, 2.75) is 59.9 Å². The zero-order valence-corrected chi connectivity index (χ0v) is 12.9. The Morgan fingerprint density at radius 3 is 2.24 bits per heavy atom. The van der Waals surface area contributed by atoms with Crippen molar-refractivity contribution in [3.8, 4) is 0 Å². The molecule has 0 heterocycles. The molecule has 2 nitrogen and oxygen atoms in total. The van der Waals surface area contributed by atoms with E-state index in [9.17, 15) is 0 Å². The summed E-state index contributed by atoms with van der Waals surface area (Å²) >= 11 is 0. The number of nitrogens with one attached hydrogen (secondary N) is 1. The van der Waals surface area contributed by atoms with E-state index in [2.05, 4.69) is 51.9 Å². The van der Waals surface area contributed by atoms with Crippen molar-refractivity contribution in [1.82, 2.24) is 10.2 Å². The SMILES string of the molecule is CCC(C)CN(C)CCNC(C)CCC(C)C. The first-order valence-corrected chi connectivity index (χ1v) is 7.37. The average Bonchev–Trinajstić information content (AvgIpc) is 2.26. The third-order valence-corrected chi connectivity index (χ3v) is 3.48. The summed E-state index contributed by atoms with van der Waals surface area (Å²) in [6, 6.07) is 0.661. The third kappa shape index (κ3) is 10.8. The number of likely N-dealkylation sites (N-methyl/N-ethyl adjacent to an activating group) is 1. The van der Waals surface area contributed by atoms with Gasteiger partial charge in [0, 0.05) is 25.7 Å². The van der Waals surface area contributed by atoms with Gasteiger partial charge >= 0.3 is 0 Å². The van der Waals surface area contributed by atoms with Crippen molar-refractivity contribution in [2.75, 3.05) is 26.7 Å². The Morgan fingerprint density at radius 1 is 1.06 bits per heavy atom. The van der Waals surface area contributed by atoms with Crippen molar-refractivity contribution in [3.63, 3.8) is 0 Å². The van der Waals surface area contributed by atoms with E-state index in [1.165, 1.54) is 25.8 Å². The molecule has 0 radical (unpaired) electrons. The smallest absolute Gasteiger partial charge is 0.0104 e. The molecule has 2 atom stereocenters. The minimum Gasteiger partial charge on any atom is -0.313 e. The Labute approximate surface area is 109 Å². The van der Waals surface area contributed by atoms with Gasteiger partial charge in [0.15, 0.2) is 0 Å². The number of rotatable bonds is 10. The molecular formula is C15H34N2. The molecule has 0 fully saturated rings. The van der Waals surface area contributed by atoms with E-state index in [1.807, 2.05) is 0 Å². The maximum atomic E-state index is 3.62. The second-order valence-electron chi connectivity index (χ2n) is 6.10. The molecule has 2 unspecified atom stereocenters. The molecule has 0 bridgehead atoms. The van der Waals surface area contributed by atoms with Gasteiger partial charge in [-0.05, 0) is 38.6 Å². The van der Waals surface area contributed by atoms with E-state index in [0.29, 0.717) is 6.04 Å². The van der Waals surface area contributed by atoms with Gasteiger partial charge in [-0.25, -0.2) is 0 Å². The lowest BCUT2D eigenvalue weighted by molar-refractivity contribution is 0.276. The fourth-order valence-corrected chi connectivity index (χ4v) is 1.94. The molecule has 0 rings (SSSR count). The topological polar surface area (TPSA) is 15.3 Å². The van der Waals surface area contributed by atoms with E-state index >= 15 is 0 Å². The average molecular weight is 242 g/mol. The fourth-order valence-electron chi connectivity index (χ4n) is 1.94. The summed E-state index contributed by atoms with van der Waals surface area (Å²) in [5.74, 6) is 1.64. The molecule has 0 saturated carbocycles. The molecule has 0 aromatic heterocycles. The van der Waals surface area contributed by atoms with Crippen LogP contribution < -0.4 is 5.32 Å². The molecule has 0 aliphatic heterocycles. The standard InChI is InChI=1S/C15H34N2/c1-7-14(4)12-17(6)11-10-16-15(5)9-8-13(2)3/h13-16H,7-12H2,1-6H3. The predicted octanol–water partition coefficient (Wildman–Crippen LogP) is 3.38. The van der Waals surface area contributed by atoms with Crippen LogP contribution in [0.15, 0.2) is 0 Å². The monoisotopic (exact) mass is 242 g/mol. The lowest BCUT2D eigenvalue weighted by Gasteiger charge is -2.22. The lowest BCUT2D eigenvalue weighted by atomic mass is 10.0. The molecule has 0 aliphatic carbocycles. The first kappa shape index (κ1) is 16.9. The zero-order valence-electron chi connectivity index (χ0n) is 12.9. The van der Waals surface area contributed by atoms with Gasteiger partial charge in [-0.1, -0.05) is 34.1 Å². The fraction of sp³-hybridized carbons (Fsp3) is 1.00. The molecule has 0 spiro atoms. The summed E-state index contributed by atoms with van der Waals surface area (Å²) in [4.78, 5) is 2.44. The second kappa shape index (κ2) is 9.90. The van der Waals surface area contributed by atoms with Crippen LogP contribution in [0, 0.1) is 11.8 Å². The van der Waals surface area contributed by atoms with Crippen LogP contribution in [0.4, 0.5) is 0 Å². The quantitative estimate of drug-likeness (QED) is 0.632. The summed E-state index contributed by atoms with van der Waals surface area (Å²) < 4.78 is 0. The van der Waals surface area contributed by atoms with Gasteiger partial charge in [-0.15, -0.1) is 0 Å². The van der Waals surface area contributed by atoms with E-state index < -0.39 is 0 Å². The third-order valence-electron chi connectivity index (χ3n) is 3.48. The highest BCUT2D eigenvalue weighted by Gasteiger charge is 2.06. The first-order chi connectivity index (χ1) is 7.95. The molecule has 1 N–H and O–H groups in total. The highest BCUT2D eigenvalue weighted by molar-refractivity contribution is 4.64. The molecule has 0 aromatic carbocycles. The van der Waals surface area contributed by atoms with Crippen LogP contribution >= 0.6 is 0 Å². The Hall–Kier alpha value is -0.0800. The Bertz CT molecular complexity index is 168. The summed E-state index contributed by atoms with van der Waals surface area (Å²) in [7, 11) is 2.23. The second-order valence-corrected chi connectivity index (χ2v) is 6.10. The normalized spacial score (nSPS) is 15.5. The molecule has 0 saturated heterocycles. The molecule has 0 aliphatic rings. The molecular weight excluding hydrogens is 208 g/mol. The van der Waals surface area contributed by atoms with Crippen LogP contribution in [-0.4, -0.2) is 37.6 Å². The van der Waals surface area contributed by atoms with Crippen molar-refractivity contribution in [2.24, 2.45) is 11.8 Å². The highest BCUT2D eigenvalue weighted by atomic mass is 15.1. The van der Waals surface area contributed by atoms with Gasteiger partial charge in [-0.2, -0.15) is 0 Å². The van der Waals surface area contributed by atoms with Crippen LogP contribution in [0.3, 0.4) is 0 Å². The van der Waals surface area contributed by atoms with Crippen LogP contribution in [-0.2, 0) is 0 Å². The van der Waals surface area contributed by atoms with Crippen molar-refractivity contribution >= 4 is 0 Å². The molecule has 0 aromatic rings. The maximum Gasteiger partial charge on any atom is 0.0104 e. The summed E-state index contributed by atoms with van der Waals surface area (Å²) in [6.07, 6.45) is 3.91. The minimum atomic E-state index is 0.661. The van der Waals surface area contributed by atoms with Crippen LogP contribution in [0.25, 0.3) is 0 Å². The minimum absolute atomic E-state index is 0.661. The highest BCUT2D eigenvalue weighted by Crippen LogP contribution is 2.06. The molecule has 0 amide bonds. The Morgan fingerprint density at radius 2 is 1.71 bits per heavy atom. The van der Waals surface area contributed by atoms with Gasteiger partial charge in [0.05, 0.1) is 0 Å². The number of hydrogen-bond acceptors (Lipinski definition) is 2. The van der Waals surface area contributed by atoms with E-state index in [1.54, 1.807) is 0 Å². The molecule has 2 heteroatoms. The van der Waals surface area contributed by atoms with Gasteiger partial charge in [-0.3, -0.25) is 0 Å². The van der Waals surface area contributed by atoms with Crippen molar-refractivity contribution in [3.05, 3.63) is 0 Å². The predicted molar refractivity (Wildman–Crippen MR) is 78.5 cm³/mol. The Balaban J connectivity index is 3.48. The zero-order chi connectivity index (χ0) is 13.3. The first-order valence-electron chi connectivity index (χ1n) is 7.37. The van der Waals surface area contributed by atoms with Crippen molar-refractivity contribution in [1.29, 1.82) is 0 Å². The van der Waals surface area contributed by atoms with E-state index in [4.69, 9.17) is 0 Å². The largest absolute Gasteiger partial charge is 0.313 e. The van der Waals surface area contributed by atoms with Gasteiger partial charge < -0.3 is 10.2 Å². The lowest BCUT2D eigenvalue weighted by Crippen LogP contribution is -2.36. The van der Waals surface area contributed by atoms with E-state index in [-0.39, 0.29) is 0 Å². The van der Waals surface area contributed by atoms with Crippen LogP contribution in [0.2, 0.25) is 0 Å². The number of nitrogens with zero attached hydrogens (tertiary/aromatic N) is 1. The number of hydrogen-bond donors (Lipinski definition) is 1.